The van der Waals surface area contributed by atoms with E-state index in [0.717, 1.165) is 15.8 Å². The van der Waals surface area contributed by atoms with Gasteiger partial charge in [0.2, 0.25) is 8.32 Å². The lowest BCUT2D eigenvalue weighted by Crippen LogP contribution is -2.43. The van der Waals surface area contributed by atoms with Crippen molar-refractivity contribution < 1.29 is 4.43 Å². The van der Waals surface area contributed by atoms with Crippen molar-refractivity contribution in [1.29, 1.82) is 0 Å². The summed E-state index contributed by atoms with van der Waals surface area (Å²) in [5.41, 5.74) is 6.76. The first-order valence-electron chi connectivity index (χ1n) is 5.84. The van der Waals surface area contributed by atoms with Crippen molar-refractivity contribution in [2.75, 3.05) is 0 Å². The van der Waals surface area contributed by atoms with Crippen molar-refractivity contribution in [1.82, 2.24) is 0 Å². The lowest BCUT2D eigenvalue weighted by molar-refractivity contribution is 0.491. The number of hydrogen-bond donors (Lipinski definition) is 1. The van der Waals surface area contributed by atoms with Crippen LogP contribution in [0.25, 0.3) is 0 Å². The number of halogens is 1. The van der Waals surface area contributed by atoms with Gasteiger partial charge in [-0.05, 0) is 41.9 Å². The van der Waals surface area contributed by atoms with Gasteiger partial charge in [0, 0.05) is 11.0 Å². The Bertz CT molecular complexity index is 399. The maximum Gasteiger partial charge on any atom is 0.250 e. The summed E-state index contributed by atoms with van der Waals surface area (Å²) in [5, 5.41) is 0.207. The average molecular weight is 316 g/mol. The SMILES string of the molecule is CC(C)(C)[Si](C)(C)Oc1cc(Br)cc(CN)c1. The predicted molar refractivity (Wildman–Crippen MR) is 79.9 cm³/mol. The van der Waals surface area contributed by atoms with Crippen LogP contribution in [0.15, 0.2) is 22.7 Å². The molecule has 1 rings (SSSR count). The molecular weight excluding hydrogens is 294 g/mol. The molecule has 0 aliphatic carbocycles. The molecule has 0 heterocycles. The molecule has 0 radical (unpaired) electrons. The highest BCUT2D eigenvalue weighted by molar-refractivity contribution is 9.10. The van der Waals surface area contributed by atoms with E-state index in [0.29, 0.717) is 6.54 Å². The Morgan fingerprint density at radius 2 is 1.82 bits per heavy atom. The van der Waals surface area contributed by atoms with Gasteiger partial charge in [-0.25, -0.2) is 0 Å². The molecule has 0 fully saturated rings. The Labute approximate surface area is 114 Å². The summed E-state index contributed by atoms with van der Waals surface area (Å²) < 4.78 is 7.27. The van der Waals surface area contributed by atoms with Gasteiger partial charge in [0.1, 0.15) is 5.75 Å². The molecule has 1 aromatic rings. The molecule has 0 aliphatic heterocycles. The van der Waals surface area contributed by atoms with Gasteiger partial charge in [0.25, 0.3) is 0 Å². The zero-order valence-electron chi connectivity index (χ0n) is 11.3. The quantitative estimate of drug-likeness (QED) is 0.844. The molecule has 0 saturated heterocycles. The smallest absolute Gasteiger partial charge is 0.250 e. The monoisotopic (exact) mass is 315 g/mol. The fourth-order valence-electron chi connectivity index (χ4n) is 1.25. The molecule has 0 aliphatic rings. The summed E-state index contributed by atoms with van der Waals surface area (Å²) in [7, 11) is -1.77. The highest BCUT2D eigenvalue weighted by Gasteiger charge is 2.38. The largest absolute Gasteiger partial charge is 0.543 e. The molecule has 0 unspecified atom stereocenters. The molecular formula is C13H22BrNOSi. The normalized spacial score (nSPS) is 12.6. The molecule has 1 aromatic carbocycles. The van der Waals surface area contributed by atoms with Gasteiger partial charge in [-0.1, -0.05) is 36.7 Å². The van der Waals surface area contributed by atoms with E-state index in [9.17, 15) is 0 Å². The van der Waals surface area contributed by atoms with Crippen LogP contribution in [0.2, 0.25) is 18.1 Å². The van der Waals surface area contributed by atoms with Gasteiger partial charge in [-0.15, -0.1) is 0 Å². The Morgan fingerprint density at radius 1 is 1.24 bits per heavy atom. The topological polar surface area (TPSA) is 35.2 Å². The molecule has 0 saturated carbocycles. The first-order valence-corrected chi connectivity index (χ1v) is 9.54. The van der Waals surface area contributed by atoms with Crippen LogP contribution in [0, 0.1) is 0 Å². The van der Waals surface area contributed by atoms with E-state index in [1.54, 1.807) is 0 Å². The number of benzene rings is 1. The van der Waals surface area contributed by atoms with E-state index in [1.807, 2.05) is 18.2 Å². The molecule has 17 heavy (non-hydrogen) atoms. The minimum atomic E-state index is -1.77. The zero-order valence-corrected chi connectivity index (χ0v) is 13.9. The first kappa shape index (κ1) is 14.7. The summed E-state index contributed by atoms with van der Waals surface area (Å²) in [6.45, 7) is 11.7. The van der Waals surface area contributed by atoms with Crippen molar-refractivity contribution in [3.8, 4) is 5.75 Å². The van der Waals surface area contributed by atoms with Crippen molar-refractivity contribution in [2.24, 2.45) is 5.73 Å². The summed E-state index contributed by atoms with van der Waals surface area (Å²) in [4.78, 5) is 0. The second-order valence-corrected chi connectivity index (χ2v) is 11.5. The zero-order chi connectivity index (χ0) is 13.3. The minimum absolute atomic E-state index is 0.207. The molecule has 2 N–H and O–H groups in total. The molecule has 0 amide bonds. The molecule has 0 aromatic heterocycles. The van der Waals surface area contributed by atoms with Crippen LogP contribution in [0.3, 0.4) is 0 Å². The van der Waals surface area contributed by atoms with E-state index in [-0.39, 0.29) is 5.04 Å². The summed E-state index contributed by atoms with van der Waals surface area (Å²) >= 11 is 3.49. The highest BCUT2D eigenvalue weighted by Crippen LogP contribution is 2.38. The van der Waals surface area contributed by atoms with Gasteiger partial charge >= 0.3 is 0 Å². The predicted octanol–water partition coefficient (Wildman–Crippen LogP) is 4.29. The van der Waals surface area contributed by atoms with Crippen LogP contribution in [0.5, 0.6) is 5.75 Å². The van der Waals surface area contributed by atoms with Gasteiger partial charge in [-0.3, -0.25) is 0 Å². The van der Waals surface area contributed by atoms with Crippen molar-refractivity contribution in [3.05, 3.63) is 28.2 Å². The second-order valence-electron chi connectivity index (χ2n) is 5.86. The number of nitrogens with two attached hydrogens (primary N) is 1. The van der Waals surface area contributed by atoms with Gasteiger partial charge in [0.15, 0.2) is 0 Å². The van der Waals surface area contributed by atoms with Crippen LogP contribution in [-0.4, -0.2) is 8.32 Å². The van der Waals surface area contributed by atoms with E-state index in [2.05, 4.69) is 49.8 Å². The van der Waals surface area contributed by atoms with Crippen molar-refractivity contribution >= 4 is 24.2 Å². The summed E-state index contributed by atoms with van der Waals surface area (Å²) in [5.74, 6) is 0.923. The van der Waals surface area contributed by atoms with E-state index >= 15 is 0 Å². The molecule has 0 bridgehead atoms. The second kappa shape index (κ2) is 5.12. The van der Waals surface area contributed by atoms with E-state index in [1.165, 1.54) is 0 Å². The lowest BCUT2D eigenvalue weighted by Gasteiger charge is -2.36. The molecule has 96 valence electrons. The Morgan fingerprint density at radius 3 is 2.29 bits per heavy atom. The third-order valence-electron chi connectivity index (χ3n) is 3.35. The summed E-state index contributed by atoms with van der Waals surface area (Å²) in [6, 6.07) is 6.07. The first-order chi connectivity index (χ1) is 7.65. The van der Waals surface area contributed by atoms with Crippen molar-refractivity contribution in [3.63, 3.8) is 0 Å². The number of hydrogen-bond acceptors (Lipinski definition) is 2. The van der Waals surface area contributed by atoms with Gasteiger partial charge in [0.05, 0.1) is 0 Å². The fourth-order valence-corrected chi connectivity index (χ4v) is 2.78. The van der Waals surface area contributed by atoms with Crippen LogP contribution >= 0.6 is 15.9 Å². The van der Waals surface area contributed by atoms with Gasteiger partial charge in [-0.2, -0.15) is 0 Å². The van der Waals surface area contributed by atoms with Crippen LogP contribution < -0.4 is 10.2 Å². The maximum atomic E-state index is 6.24. The third-order valence-corrected chi connectivity index (χ3v) is 8.16. The third kappa shape index (κ3) is 3.83. The average Bonchev–Trinajstić information content (AvgIpc) is 2.14. The van der Waals surface area contributed by atoms with Crippen LogP contribution in [-0.2, 0) is 6.54 Å². The Hall–Kier alpha value is -0.323. The minimum Gasteiger partial charge on any atom is -0.543 e. The Balaban J connectivity index is 2.99. The van der Waals surface area contributed by atoms with E-state index in [4.69, 9.17) is 10.2 Å². The molecule has 2 nitrogen and oxygen atoms in total. The lowest BCUT2D eigenvalue weighted by atomic mass is 10.2. The highest BCUT2D eigenvalue weighted by atomic mass is 79.9. The van der Waals surface area contributed by atoms with Gasteiger partial charge < -0.3 is 10.2 Å². The number of rotatable bonds is 3. The molecule has 4 heteroatoms. The fraction of sp³-hybridized carbons (Fsp3) is 0.538. The standard InChI is InChI=1S/C13H22BrNOSi/c1-13(2,3)17(4,5)16-12-7-10(9-15)6-11(14)8-12/h6-8H,9,15H2,1-5H3. The molecule has 0 spiro atoms. The van der Waals surface area contributed by atoms with Crippen LogP contribution in [0.1, 0.15) is 26.3 Å². The van der Waals surface area contributed by atoms with Crippen molar-refractivity contribution in [2.45, 2.75) is 45.4 Å². The van der Waals surface area contributed by atoms with Crippen LogP contribution in [0.4, 0.5) is 0 Å². The maximum absolute atomic E-state index is 6.24. The molecule has 0 atom stereocenters. The summed E-state index contributed by atoms with van der Waals surface area (Å²) in [6.07, 6.45) is 0. The van der Waals surface area contributed by atoms with E-state index < -0.39 is 8.32 Å². The Kier molecular flexibility index (Phi) is 4.44.